The van der Waals surface area contributed by atoms with Gasteiger partial charge in [0.15, 0.2) is 0 Å². The molecule has 1 atom stereocenters. The van der Waals surface area contributed by atoms with Gasteiger partial charge in [0.1, 0.15) is 5.82 Å². The number of rotatable bonds is 4. The van der Waals surface area contributed by atoms with Crippen LogP contribution in [-0.4, -0.2) is 28.8 Å². The van der Waals surface area contributed by atoms with Gasteiger partial charge in [-0.1, -0.05) is 6.07 Å². The summed E-state index contributed by atoms with van der Waals surface area (Å²) in [5.41, 5.74) is 0. The molecule has 0 aliphatic heterocycles. The summed E-state index contributed by atoms with van der Waals surface area (Å²) in [6.45, 7) is 2.12. The molecule has 1 rings (SSSR count). The molecule has 0 saturated heterocycles. The number of aliphatic hydroxyl groups is 1. The predicted molar refractivity (Wildman–Crippen MR) is 57.6 cm³/mol. The Labute approximate surface area is 88.5 Å². The first-order valence-corrected chi connectivity index (χ1v) is 4.82. The van der Waals surface area contributed by atoms with E-state index in [9.17, 15) is 4.79 Å². The van der Waals surface area contributed by atoms with Crippen LogP contribution in [0.3, 0.4) is 0 Å². The van der Waals surface area contributed by atoms with Crippen LogP contribution in [0.2, 0.25) is 0 Å². The van der Waals surface area contributed by atoms with E-state index >= 15 is 0 Å². The Morgan fingerprint density at radius 1 is 1.60 bits per heavy atom. The first kappa shape index (κ1) is 11.5. The molecule has 0 radical (unpaired) electrons. The zero-order valence-corrected chi connectivity index (χ0v) is 8.60. The molecule has 0 bridgehead atoms. The van der Waals surface area contributed by atoms with Crippen LogP contribution < -0.4 is 10.6 Å². The van der Waals surface area contributed by atoms with Crippen molar-refractivity contribution in [3.8, 4) is 0 Å². The molecular weight excluding hydrogens is 194 g/mol. The van der Waals surface area contributed by atoms with E-state index in [1.54, 1.807) is 31.3 Å². The molecule has 15 heavy (non-hydrogen) atoms. The van der Waals surface area contributed by atoms with Gasteiger partial charge in [0.05, 0.1) is 6.10 Å². The number of carbonyl (C=O) groups is 1. The first-order chi connectivity index (χ1) is 7.18. The fraction of sp³-hybridized carbons (Fsp3) is 0.400. The zero-order chi connectivity index (χ0) is 11.1. The van der Waals surface area contributed by atoms with E-state index < -0.39 is 6.10 Å². The van der Waals surface area contributed by atoms with Gasteiger partial charge >= 0.3 is 6.03 Å². The van der Waals surface area contributed by atoms with Gasteiger partial charge in [0.25, 0.3) is 0 Å². The van der Waals surface area contributed by atoms with Crippen molar-refractivity contribution in [2.75, 3.05) is 11.9 Å². The number of urea groups is 1. The third-order valence-corrected chi connectivity index (χ3v) is 1.75. The normalized spacial score (nSPS) is 11.9. The van der Waals surface area contributed by atoms with Crippen LogP contribution in [0, 0.1) is 0 Å². The minimum Gasteiger partial charge on any atom is -0.393 e. The molecule has 1 heterocycles. The summed E-state index contributed by atoms with van der Waals surface area (Å²) in [6, 6.07) is 4.96. The van der Waals surface area contributed by atoms with E-state index in [2.05, 4.69) is 15.6 Å². The highest BCUT2D eigenvalue weighted by molar-refractivity contribution is 5.88. The van der Waals surface area contributed by atoms with Gasteiger partial charge in [-0.25, -0.2) is 9.78 Å². The van der Waals surface area contributed by atoms with E-state index in [1.807, 2.05) is 0 Å². The molecule has 0 fully saturated rings. The smallest absolute Gasteiger partial charge is 0.320 e. The molecule has 0 spiro atoms. The van der Waals surface area contributed by atoms with E-state index in [-0.39, 0.29) is 6.03 Å². The van der Waals surface area contributed by atoms with Crippen molar-refractivity contribution < 1.29 is 9.90 Å². The third-order valence-electron chi connectivity index (χ3n) is 1.75. The van der Waals surface area contributed by atoms with Crippen LogP contribution >= 0.6 is 0 Å². The minimum absolute atomic E-state index is 0.311. The molecule has 0 aliphatic carbocycles. The van der Waals surface area contributed by atoms with Gasteiger partial charge in [-0.3, -0.25) is 5.32 Å². The van der Waals surface area contributed by atoms with E-state index in [1.165, 1.54) is 0 Å². The van der Waals surface area contributed by atoms with Gasteiger partial charge < -0.3 is 10.4 Å². The molecule has 3 N–H and O–H groups in total. The number of hydrogen-bond donors (Lipinski definition) is 3. The van der Waals surface area contributed by atoms with Crippen LogP contribution in [0.5, 0.6) is 0 Å². The van der Waals surface area contributed by atoms with Crippen molar-refractivity contribution in [3.63, 3.8) is 0 Å². The molecule has 5 heteroatoms. The van der Waals surface area contributed by atoms with Crippen molar-refractivity contribution in [3.05, 3.63) is 24.4 Å². The Morgan fingerprint density at radius 3 is 3.00 bits per heavy atom. The average molecular weight is 209 g/mol. The molecule has 0 aliphatic rings. The highest BCUT2D eigenvalue weighted by atomic mass is 16.3. The van der Waals surface area contributed by atoms with Crippen molar-refractivity contribution in [2.24, 2.45) is 0 Å². The van der Waals surface area contributed by atoms with Gasteiger partial charge in [0, 0.05) is 12.7 Å². The highest BCUT2D eigenvalue weighted by Gasteiger charge is 2.01. The summed E-state index contributed by atoms with van der Waals surface area (Å²) in [4.78, 5) is 15.2. The summed E-state index contributed by atoms with van der Waals surface area (Å²) in [5, 5.41) is 14.2. The van der Waals surface area contributed by atoms with Gasteiger partial charge in [0.2, 0.25) is 0 Å². The summed E-state index contributed by atoms with van der Waals surface area (Å²) >= 11 is 0. The lowest BCUT2D eigenvalue weighted by Gasteiger charge is -2.07. The minimum atomic E-state index is -0.403. The van der Waals surface area contributed by atoms with Crippen LogP contribution in [0.1, 0.15) is 13.3 Å². The molecule has 5 nitrogen and oxygen atoms in total. The molecule has 1 aromatic heterocycles. The Morgan fingerprint density at radius 2 is 2.40 bits per heavy atom. The van der Waals surface area contributed by atoms with Gasteiger partial charge in [-0.05, 0) is 25.5 Å². The second kappa shape index (κ2) is 5.98. The van der Waals surface area contributed by atoms with Gasteiger partial charge in [-0.2, -0.15) is 0 Å². The number of amides is 2. The molecule has 1 aromatic rings. The number of nitrogens with one attached hydrogen (secondary N) is 2. The van der Waals surface area contributed by atoms with E-state index in [4.69, 9.17) is 5.11 Å². The highest BCUT2D eigenvalue weighted by Crippen LogP contribution is 1.98. The summed E-state index contributed by atoms with van der Waals surface area (Å²) in [5.74, 6) is 0.507. The van der Waals surface area contributed by atoms with Gasteiger partial charge in [-0.15, -0.1) is 0 Å². The summed E-state index contributed by atoms with van der Waals surface area (Å²) < 4.78 is 0. The predicted octanol–water partition coefficient (Wildman–Crippen LogP) is 0.974. The number of carbonyl (C=O) groups excluding carboxylic acids is 1. The lowest BCUT2D eigenvalue weighted by atomic mass is 10.3. The second-order valence-corrected chi connectivity index (χ2v) is 3.23. The SMILES string of the molecule is CC(O)CCNC(=O)Nc1ccccn1. The zero-order valence-electron chi connectivity index (χ0n) is 8.60. The Bertz CT molecular complexity index is 301. The maximum Gasteiger partial charge on any atom is 0.320 e. The number of aromatic nitrogens is 1. The van der Waals surface area contributed by atoms with E-state index in [0.29, 0.717) is 18.8 Å². The lowest BCUT2D eigenvalue weighted by Crippen LogP contribution is -2.31. The molecule has 2 amide bonds. The Kier molecular flexibility index (Phi) is 4.56. The Hall–Kier alpha value is -1.62. The molecule has 1 unspecified atom stereocenters. The summed E-state index contributed by atoms with van der Waals surface area (Å²) in [7, 11) is 0. The topological polar surface area (TPSA) is 74.2 Å². The monoisotopic (exact) mass is 209 g/mol. The van der Waals surface area contributed by atoms with Crippen LogP contribution in [0.4, 0.5) is 10.6 Å². The maximum atomic E-state index is 11.3. The fourth-order valence-corrected chi connectivity index (χ4v) is 0.992. The molecule has 0 saturated carbocycles. The number of hydrogen-bond acceptors (Lipinski definition) is 3. The van der Waals surface area contributed by atoms with Crippen molar-refractivity contribution in [1.29, 1.82) is 0 Å². The van der Waals surface area contributed by atoms with Crippen LogP contribution in [0.25, 0.3) is 0 Å². The standard InChI is InChI=1S/C10H15N3O2/c1-8(14)5-7-12-10(15)13-9-4-2-3-6-11-9/h2-4,6,8,14H,5,7H2,1H3,(H2,11,12,13,15). The van der Waals surface area contributed by atoms with Crippen LogP contribution in [0.15, 0.2) is 24.4 Å². The maximum absolute atomic E-state index is 11.3. The number of nitrogens with zero attached hydrogens (tertiary/aromatic N) is 1. The largest absolute Gasteiger partial charge is 0.393 e. The van der Waals surface area contributed by atoms with Crippen molar-refractivity contribution in [2.45, 2.75) is 19.4 Å². The average Bonchev–Trinajstić information content (AvgIpc) is 2.18. The van der Waals surface area contributed by atoms with Crippen molar-refractivity contribution in [1.82, 2.24) is 10.3 Å². The number of pyridine rings is 1. The molecular formula is C10H15N3O2. The summed E-state index contributed by atoms with van der Waals surface area (Å²) in [6.07, 6.45) is 1.74. The third kappa shape index (κ3) is 4.97. The first-order valence-electron chi connectivity index (χ1n) is 4.82. The quantitative estimate of drug-likeness (QED) is 0.691. The van der Waals surface area contributed by atoms with Crippen LogP contribution in [-0.2, 0) is 0 Å². The molecule has 0 aromatic carbocycles. The Balaban J connectivity index is 2.25. The number of anilines is 1. The fourth-order valence-electron chi connectivity index (χ4n) is 0.992. The lowest BCUT2D eigenvalue weighted by molar-refractivity contribution is 0.184. The molecule has 82 valence electrons. The van der Waals surface area contributed by atoms with E-state index in [0.717, 1.165) is 0 Å². The van der Waals surface area contributed by atoms with Crippen molar-refractivity contribution >= 4 is 11.8 Å². The second-order valence-electron chi connectivity index (χ2n) is 3.23. The number of aliphatic hydroxyl groups excluding tert-OH is 1.